The molecule has 2 N–H and O–H groups in total. The number of carbonyl (C=O) groups is 2. The van der Waals surface area contributed by atoms with E-state index in [-0.39, 0.29) is 27.8 Å². The Hall–Kier alpha value is -2.91. The molecule has 1 aliphatic heterocycles. The number of carbonyl (C=O) groups excluding carboxylic acids is 2. The van der Waals surface area contributed by atoms with Gasteiger partial charge in [-0.15, -0.1) is 0 Å². The van der Waals surface area contributed by atoms with Crippen molar-refractivity contribution in [1.29, 1.82) is 0 Å². The summed E-state index contributed by atoms with van der Waals surface area (Å²) in [4.78, 5) is 24.8. The smallest absolute Gasteiger partial charge is 0.338 e. The fourth-order valence-corrected chi connectivity index (χ4v) is 4.73. The van der Waals surface area contributed by atoms with E-state index in [2.05, 4.69) is 10.6 Å². The molecule has 0 radical (unpaired) electrons. The Bertz CT molecular complexity index is 1160. The van der Waals surface area contributed by atoms with E-state index in [1.54, 1.807) is 19.1 Å². The van der Waals surface area contributed by atoms with Crippen LogP contribution in [0.15, 0.2) is 58.6 Å². The van der Waals surface area contributed by atoms with Crippen LogP contribution < -0.4 is 10.6 Å². The highest BCUT2D eigenvalue weighted by Crippen LogP contribution is 2.30. The Morgan fingerprint density at radius 1 is 1.19 bits per heavy atom. The molecule has 2 amide bonds. The molecule has 2 aromatic rings. The highest BCUT2D eigenvalue weighted by Gasteiger charge is 2.35. The molecule has 0 aliphatic carbocycles. The van der Waals surface area contributed by atoms with Crippen LogP contribution in [0.1, 0.15) is 24.1 Å². The SMILES string of the molecule is CCOC(=O)C1=C(CS(=O)(=O)c2ccc(F)c(Cl)c2)NC(=O)N[C@H]1c1ccc(C)cc1. The van der Waals surface area contributed by atoms with Crippen LogP contribution in [0.5, 0.6) is 0 Å². The van der Waals surface area contributed by atoms with Gasteiger partial charge in [-0.05, 0) is 37.6 Å². The second kappa shape index (κ2) is 9.07. The second-order valence-electron chi connectivity index (χ2n) is 6.89. The van der Waals surface area contributed by atoms with Crippen molar-refractivity contribution in [3.8, 4) is 0 Å². The fourth-order valence-electron chi connectivity index (χ4n) is 3.13. The Kier molecular flexibility index (Phi) is 6.66. The standard InChI is InChI=1S/C21H20ClFN2O5S/c1-3-30-20(26)18-17(11-31(28,29)14-8-9-16(23)15(22)10-14)24-21(27)25-19(18)13-6-4-12(2)5-7-13/h4-10,19H,3,11H2,1-2H3,(H2,24,25,27)/t19-/m0/s1. The number of sulfone groups is 1. The fraction of sp³-hybridized carbons (Fsp3) is 0.238. The molecule has 0 spiro atoms. The van der Waals surface area contributed by atoms with Crippen LogP contribution in [0.25, 0.3) is 0 Å². The minimum absolute atomic E-state index is 0.0258. The molecular weight excluding hydrogens is 447 g/mol. The zero-order valence-electron chi connectivity index (χ0n) is 16.7. The predicted octanol–water partition coefficient (Wildman–Crippen LogP) is 3.43. The van der Waals surface area contributed by atoms with Crippen LogP contribution >= 0.6 is 11.6 Å². The van der Waals surface area contributed by atoms with Crippen molar-refractivity contribution in [2.45, 2.75) is 24.8 Å². The summed E-state index contributed by atoms with van der Waals surface area (Å²) in [6.07, 6.45) is 0. The molecule has 31 heavy (non-hydrogen) atoms. The maximum absolute atomic E-state index is 13.5. The van der Waals surface area contributed by atoms with E-state index < -0.39 is 39.4 Å². The molecule has 0 unspecified atom stereocenters. The molecular formula is C21H20ClFN2O5S. The Balaban J connectivity index is 2.10. The summed E-state index contributed by atoms with van der Waals surface area (Å²) in [5, 5.41) is 4.70. The van der Waals surface area contributed by atoms with Crippen molar-refractivity contribution in [1.82, 2.24) is 10.6 Å². The van der Waals surface area contributed by atoms with Crippen LogP contribution in [0.2, 0.25) is 5.02 Å². The number of ether oxygens (including phenoxy) is 1. The highest BCUT2D eigenvalue weighted by atomic mass is 35.5. The molecule has 2 aromatic carbocycles. The summed E-state index contributed by atoms with van der Waals surface area (Å²) in [7, 11) is -4.08. The summed E-state index contributed by atoms with van der Waals surface area (Å²) < 4.78 is 44.5. The third-order valence-corrected chi connectivity index (χ3v) is 6.57. The van der Waals surface area contributed by atoms with Gasteiger partial charge in [-0.2, -0.15) is 0 Å². The quantitative estimate of drug-likeness (QED) is 0.501. The number of urea groups is 1. The number of rotatable bonds is 6. The molecule has 0 saturated carbocycles. The van der Waals surface area contributed by atoms with Gasteiger partial charge in [0, 0.05) is 5.70 Å². The summed E-state index contributed by atoms with van der Waals surface area (Å²) in [5.41, 5.74) is 1.42. The highest BCUT2D eigenvalue weighted by molar-refractivity contribution is 7.91. The topological polar surface area (TPSA) is 102 Å². The van der Waals surface area contributed by atoms with E-state index in [0.29, 0.717) is 5.56 Å². The first-order valence-electron chi connectivity index (χ1n) is 9.34. The lowest BCUT2D eigenvalue weighted by atomic mass is 9.95. The van der Waals surface area contributed by atoms with Crippen molar-refractivity contribution in [2.75, 3.05) is 12.4 Å². The minimum Gasteiger partial charge on any atom is -0.463 e. The Morgan fingerprint density at radius 2 is 1.87 bits per heavy atom. The molecule has 1 atom stereocenters. The average molecular weight is 467 g/mol. The number of hydrogen-bond acceptors (Lipinski definition) is 5. The summed E-state index contributed by atoms with van der Waals surface area (Å²) in [5.74, 6) is -2.23. The Morgan fingerprint density at radius 3 is 2.48 bits per heavy atom. The van der Waals surface area contributed by atoms with Crippen molar-refractivity contribution >= 4 is 33.4 Å². The van der Waals surface area contributed by atoms with E-state index in [0.717, 1.165) is 23.8 Å². The van der Waals surface area contributed by atoms with Crippen molar-refractivity contribution in [3.05, 3.63) is 75.7 Å². The summed E-state index contributed by atoms with van der Waals surface area (Å²) >= 11 is 5.72. The number of amides is 2. The van der Waals surface area contributed by atoms with Crippen LogP contribution in [-0.4, -0.2) is 32.8 Å². The van der Waals surface area contributed by atoms with Crippen molar-refractivity contribution < 1.29 is 27.1 Å². The van der Waals surface area contributed by atoms with E-state index in [1.807, 2.05) is 19.1 Å². The largest absolute Gasteiger partial charge is 0.463 e. The summed E-state index contributed by atoms with van der Waals surface area (Å²) in [6, 6.07) is 8.50. The van der Waals surface area contributed by atoms with Crippen LogP contribution in [0.4, 0.5) is 9.18 Å². The van der Waals surface area contributed by atoms with Gasteiger partial charge in [-0.25, -0.2) is 22.4 Å². The van der Waals surface area contributed by atoms with Gasteiger partial charge in [0.25, 0.3) is 0 Å². The maximum Gasteiger partial charge on any atom is 0.338 e. The maximum atomic E-state index is 13.5. The van der Waals surface area contributed by atoms with Gasteiger partial charge in [0.2, 0.25) is 0 Å². The van der Waals surface area contributed by atoms with Crippen LogP contribution in [-0.2, 0) is 19.4 Å². The monoisotopic (exact) mass is 466 g/mol. The summed E-state index contributed by atoms with van der Waals surface area (Å²) in [6.45, 7) is 3.56. The minimum atomic E-state index is -4.08. The van der Waals surface area contributed by atoms with Crippen molar-refractivity contribution in [2.24, 2.45) is 0 Å². The Labute approximate surface area is 184 Å². The molecule has 3 rings (SSSR count). The molecule has 0 aromatic heterocycles. The molecule has 7 nitrogen and oxygen atoms in total. The lowest BCUT2D eigenvalue weighted by Gasteiger charge is -2.29. The molecule has 0 bridgehead atoms. The van der Waals surface area contributed by atoms with Gasteiger partial charge in [0.15, 0.2) is 9.84 Å². The molecule has 0 saturated heterocycles. The normalized spacial score (nSPS) is 16.5. The van der Waals surface area contributed by atoms with Gasteiger partial charge < -0.3 is 15.4 Å². The van der Waals surface area contributed by atoms with E-state index in [1.165, 1.54) is 0 Å². The number of hydrogen-bond donors (Lipinski definition) is 2. The first kappa shape index (κ1) is 22.8. The van der Waals surface area contributed by atoms with Gasteiger partial charge in [0.1, 0.15) is 5.82 Å². The zero-order valence-corrected chi connectivity index (χ0v) is 18.3. The molecule has 1 heterocycles. The number of nitrogens with one attached hydrogen (secondary N) is 2. The van der Waals surface area contributed by atoms with Gasteiger partial charge in [0.05, 0.1) is 33.9 Å². The number of benzene rings is 2. The average Bonchev–Trinajstić information content (AvgIpc) is 2.70. The van der Waals surface area contributed by atoms with Gasteiger partial charge >= 0.3 is 12.0 Å². The first-order chi connectivity index (χ1) is 14.6. The zero-order chi connectivity index (χ0) is 22.8. The van der Waals surface area contributed by atoms with Gasteiger partial charge in [-0.1, -0.05) is 41.4 Å². The molecule has 0 fully saturated rings. The number of halogens is 2. The molecule has 10 heteroatoms. The van der Waals surface area contributed by atoms with E-state index >= 15 is 0 Å². The van der Waals surface area contributed by atoms with Crippen molar-refractivity contribution in [3.63, 3.8) is 0 Å². The lowest BCUT2D eigenvalue weighted by Crippen LogP contribution is -2.47. The van der Waals surface area contributed by atoms with E-state index in [9.17, 15) is 22.4 Å². The third kappa shape index (κ3) is 5.05. The number of aryl methyl sites for hydroxylation is 1. The van der Waals surface area contributed by atoms with E-state index in [4.69, 9.17) is 16.3 Å². The van der Waals surface area contributed by atoms with Crippen LogP contribution in [0.3, 0.4) is 0 Å². The molecule has 164 valence electrons. The first-order valence-corrected chi connectivity index (χ1v) is 11.4. The second-order valence-corrected chi connectivity index (χ2v) is 9.29. The van der Waals surface area contributed by atoms with Crippen LogP contribution in [0, 0.1) is 12.7 Å². The molecule has 1 aliphatic rings. The predicted molar refractivity (Wildman–Crippen MR) is 113 cm³/mol. The number of esters is 1. The lowest BCUT2D eigenvalue weighted by molar-refractivity contribution is -0.139. The third-order valence-electron chi connectivity index (χ3n) is 4.64. The van der Waals surface area contributed by atoms with Gasteiger partial charge in [-0.3, -0.25) is 0 Å².